The molecule has 1 fully saturated rings. The van der Waals surface area contributed by atoms with Crippen molar-refractivity contribution in [3.8, 4) is 28.7 Å². The molecule has 2 aromatic carbocycles. The second-order valence-corrected chi connectivity index (χ2v) is 15.5. The third-order valence-corrected chi connectivity index (χ3v) is 10.8. The molecular formula is C46H47F3N8O8. The predicted molar refractivity (Wildman–Crippen MR) is 228 cm³/mol. The van der Waals surface area contributed by atoms with Gasteiger partial charge in [-0.25, -0.2) is 19.9 Å². The summed E-state index contributed by atoms with van der Waals surface area (Å²) in [7, 11) is 0. The fourth-order valence-electron chi connectivity index (χ4n) is 7.69. The van der Waals surface area contributed by atoms with Gasteiger partial charge in [0.2, 0.25) is 11.8 Å². The van der Waals surface area contributed by atoms with Crippen molar-refractivity contribution in [3.63, 3.8) is 0 Å². The smallest absolute Gasteiger partial charge is 0.405 e. The summed E-state index contributed by atoms with van der Waals surface area (Å²) < 4.78 is 56.1. The van der Waals surface area contributed by atoms with Crippen molar-refractivity contribution in [2.75, 3.05) is 39.3 Å². The molecule has 0 bridgehead atoms. The minimum absolute atomic E-state index is 0.000733. The highest BCUT2D eigenvalue weighted by atomic mass is 19.4. The molecule has 16 nitrogen and oxygen atoms in total. The second kappa shape index (κ2) is 21.7. The van der Waals surface area contributed by atoms with Gasteiger partial charge < -0.3 is 34.4 Å². The standard InChI is InChI=1S/C37H41F3N6O6.C9H6N2O2/c38-37(39,40)22-42-36(50)30-20-45(19-27-10-11-33(52-27)29-12-13-41-23-43-29)14-15-46(30)18-26(47)17-25(16-24-6-2-1-3-7-24)35(49)44-34-28-8-4-5-9-32(28)51-21-31(34)48;12-5-7-1-2-9(13-7)8-3-4-10-6-11-8/h1-13,23,25-26,30-31,34,47-48H,14-22H2,(H,42,50)(H,44,49);1-6H/t25-,26+,30+,31-,34+;/m1./s1. The molecule has 2 aliphatic rings. The van der Waals surface area contributed by atoms with E-state index in [0.717, 1.165) is 5.56 Å². The molecule has 5 atom stereocenters. The third-order valence-electron chi connectivity index (χ3n) is 10.8. The summed E-state index contributed by atoms with van der Waals surface area (Å²) in [5.74, 6) is 0.616. The number of piperazine rings is 1. The van der Waals surface area contributed by atoms with Gasteiger partial charge in [-0.3, -0.25) is 24.2 Å². The average Bonchev–Trinajstić information content (AvgIpc) is 4.01. The number of halogens is 3. The number of amides is 2. The van der Waals surface area contributed by atoms with Crippen molar-refractivity contribution in [2.24, 2.45) is 5.92 Å². The Morgan fingerprint density at radius 3 is 2.25 bits per heavy atom. The number of aromatic nitrogens is 4. The summed E-state index contributed by atoms with van der Waals surface area (Å²) in [6.07, 6.45) is 0.274. The van der Waals surface area contributed by atoms with Crippen LogP contribution in [0.15, 0.2) is 125 Å². The molecule has 4 N–H and O–H groups in total. The maximum absolute atomic E-state index is 13.9. The van der Waals surface area contributed by atoms with Crippen molar-refractivity contribution >= 4 is 18.1 Å². The Hall–Kier alpha value is -6.80. The van der Waals surface area contributed by atoms with Crippen LogP contribution >= 0.6 is 0 Å². The van der Waals surface area contributed by atoms with Crippen molar-refractivity contribution in [3.05, 3.63) is 139 Å². The lowest BCUT2D eigenvalue weighted by atomic mass is 9.90. The van der Waals surface area contributed by atoms with Gasteiger partial charge in [-0.2, -0.15) is 13.2 Å². The molecule has 6 heterocycles. The lowest BCUT2D eigenvalue weighted by Crippen LogP contribution is -2.60. The fraction of sp³-hybridized carbons (Fsp3) is 0.326. The SMILES string of the molecule is O=C(N[C@H]1c2ccccc2OC[C@H]1O)[C@H](Cc1ccccc1)C[C@H](O)CN1CCN(Cc2ccc(-c3ccncn3)o2)C[C@H]1C(=O)NCC(F)(F)F.O=Cc1ccc(-c2ccncn2)o1. The Labute approximate surface area is 371 Å². The number of fused-ring (bicyclic) bond motifs is 1. The molecule has 65 heavy (non-hydrogen) atoms. The van der Waals surface area contributed by atoms with Crippen LogP contribution in [0.2, 0.25) is 0 Å². The van der Waals surface area contributed by atoms with Gasteiger partial charge in [0.05, 0.1) is 18.7 Å². The molecule has 0 radical (unpaired) electrons. The van der Waals surface area contributed by atoms with Crippen LogP contribution in [0.3, 0.4) is 0 Å². The predicted octanol–water partition coefficient (Wildman–Crippen LogP) is 4.67. The highest BCUT2D eigenvalue weighted by Gasteiger charge is 2.38. The van der Waals surface area contributed by atoms with Gasteiger partial charge in [0.1, 0.15) is 60.8 Å². The van der Waals surface area contributed by atoms with Gasteiger partial charge in [-0.1, -0.05) is 48.5 Å². The van der Waals surface area contributed by atoms with Crippen LogP contribution in [0, 0.1) is 5.92 Å². The summed E-state index contributed by atoms with van der Waals surface area (Å²) in [5, 5.41) is 27.2. The van der Waals surface area contributed by atoms with Gasteiger partial charge in [0, 0.05) is 50.1 Å². The molecule has 8 rings (SSSR count). The number of carbonyl (C=O) groups excluding carboxylic acids is 3. The van der Waals surface area contributed by atoms with Crippen molar-refractivity contribution in [2.45, 2.75) is 49.9 Å². The topological polar surface area (TPSA) is 209 Å². The van der Waals surface area contributed by atoms with Gasteiger partial charge >= 0.3 is 6.18 Å². The van der Waals surface area contributed by atoms with Crippen LogP contribution in [-0.2, 0) is 22.6 Å². The number of nitrogens with zero attached hydrogens (tertiary/aromatic N) is 6. The van der Waals surface area contributed by atoms with Gasteiger partial charge in [-0.05, 0) is 60.9 Å². The van der Waals surface area contributed by atoms with E-state index in [2.05, 4.69) is 25.3 Å². The van der Waals surface area contributed by atoms with Crippen molar-refractivity contribution in [1.82, 2.24) is 40.4 Å². The lowest BCUT2D eigenvalue weighted by Gasteiger charge is -2.41. The van der Waals surface area contributed by atoms with Gasteiger partial charge in [0.15, 0.2) is 23.6 Å². The van der Waals surface area contributed by atoms with E-state index >= 15 is 0 Å². The zero-order valence-corrected chi connectivity index (χ0v) is 35.0. The molecule has 0 saturated carbocycles. The molecule has 2 amide bonds. The van der Waals surface area contributed by atoms with Crippen LogP contribution in [-0.4, -0.2) is 122 Å². The molecule has 2 aliphatic heterocycles. The van der Waals surface area contributed by atoms with E-state index in [9.17, 15) is 37.8 Å². The number of benzene rings is 2. The second-order valence-electron chi connectivity index (χ2n) is 15.5. The number of carbonyl (C=O) groups is 3. The Kier molecular flexibility index (Phi) is 15.4. The number of ether oxygens (including phenoxy) is 1. The Morgan fingerprint density at radius 1 is 0.877 bits per heavy atom. The lowest BCUT2D eigenvalue weighted by molar-refractivity contribution is -0.143. The van der Waals surface area contributed by atoms with E-state index in [0.29, 0.717) is 65.1 Å². The Bertz CT molecular complexity index is 2460. The molecule has 0 aliphatic carbocycles. The van der Waals surface area contributed by atoms with E-state index in [1.54, 1.807) is 78.0 Å². The molecule has 19 heteroatoms. The number of nitrogens with one attached hydrogen (secondary N) is 2. The Balaban J connectivity index is 0.000000413. The molecule has 340 valence electrons. The third kappa shape index (κ3) is 12.9. The number of furan rings is 2. The van der Waals surface area contributed by atoms with E-state index < -0.39 is 48.8 Å². The largest absolute Gasteiger partial charge is 0.490 e. The number of aliphatic hydroxyl groups excluding tert-OH is 2. The van der Waals surface area contributed by atoms with E-state index in [4.69, 9.17) is 13.6 Å². The number of hydrogen-bond acceptors (Lipinski definition) is 14. The van der Waals surface area contributed by atoms with Crippen LogP contribution in [0.25, 0.3) is 22.9 Å². The molecule has 0 unspecified atom stereocenters. The first-order valence-corrected chi connectivity index (χ1v) is 20.8. The summed E-state index contributed by atoms with van der Waals surface area (Å²) in [6, 6.07) is 25.0. The first kappa shape index (κ1) is 46.2. The van der Waals surface area contributed by atoms with E-state index in [-0.39, 0.29) is 45.0 Å². The van der Waals surface area contributed by atoms with Crippen LogP contribution in [0.1, 0.15) is 39.9 Å². The number of hydrogen-bond donors (Lipinski definition) is 4. The Morgan fingerprint density at radius 2 is 1.57 bits per heavy atom. The zero-order chi connectivity index (χ0) is 45.8. The van der Waals surface area contributed by atoms with Gasteiger partial charge in [0.25, 0.3) is 0 Å². The van der Waals surface area contributed by atoms with Crippen LogP contribution in [0.4, 0.5) is 13.2 Å². The van der Waals surface area contributed by atoms with Crippen LogP contribution in [0.5, 0.6) is 5.75 Å². The number of β-amino-alcohol motifs (C(OH)–C–C–N with tert-alkyl or cyclic N) is 1. The summed E-state index contributed by atoms with van der Waals surface area (Å²) in [4.78, 5) is 56.9. The molecule has 0 spiro atoms. The molecule has 4 aromatic heterocycles. The van der Waals surface area contributed by atoms with Crippen LogP contribution < -0.4 is 15.4 Å². The quantitative estimate of drug-likeness (QED) is 0.103. The number of aliphatic hydroxyl groups is 2. The van der Waals surface area contributed by atoms with Crippen molar-refractivity contribution in [1.29, 1.82) is 0 Å². The van der Waals surface area contributed by atoms with Crippen molar-refractivity contribution < 1.29 is 51.3 Å². The maximum Gasteiger partial charge on any atom is 0.405 e. The zero-order valence-electron chi connectivity index (χ0n) is 35.0. The average molecular weight is 897 g/mol. The number of aldehydes is 1. The first-order chi connectivity index (χ1) is 31.4. The minimum atomic E-state index is -4.60. The monoisotopic (exact) mass is 896 g/mol. The normalized spacial score (nSPS) is 18.5. The number of alkyl halides is 3. The highest BCUT2D eigenvalue weighted by molar-refractivity contribution is 5.82. The first-order valence-electron chi connectivity index (χ1n) is 20.8. The summed E-state index contributed by atoms with van der Waals surface area (Å²) >= 11 is 0. The summed E-state index contributed by atoms with van der Waals surface area (Å²) in [5.41, 5.74) is 2.76. The highest BCUT2D eigenvalue weighted by Crippen LogP contribution is 2.33. The van der Waals surface area contributed by atoms with E-state index in [1.165, 1.54) is 12.7 Å². The molecule has 1 saturated heterocycles. The number of para-hydroxylation sites is 1. The van der Waals surface area contributed by atoms with Gasteiger partial charge in [-0.15, -0.1) is 0 Å². The van der Waals surface area contributed by atoms with E-state index in [1.807, 2.05) is 40.5 Å². The number of rotatable bonds is 15. The molecular weight excluding hydrogens is 850 g/mol. The minimum Gasteiger partial charge on any atom is -0.490 e. The molecule has 6 aromatic rings. The summed E-state index contributed by atoms with van der Waals surface area (Å²) in [6.45, 7) is -0.464. The maximum atomic E-state index is 13.9. The fourth-order valence-corrected chi connectivity index (χ4v) is 7.69.